The number of carbonyl (C=O) groups is 1. The van der Waals surface area contributed by atoms with E-state index in [0.29, 0.717) is 31.3 Å². The molecule has 3 rings (SSSR count). The lowest BCUT2D eigenvalue weighted by Gasteiger charge is -2.10. The molecule has 1 N–H and O–H groups in total. The van der Waals surface area contributed by atoms with E-state index in [1.54, 1.807) is 19.4 Å². The van der Waals surface area contributed by atoms with Crippen LogP contribution in [0, 0.1) is 0 Å². The largest absolute Gasteiger partial charge is 0.493 e. The summed E-state index contributed by atoms with van der Waals surface area (Å²) in [5, 5.41) is 2.79. The summed E-state index contributed by atoms with van der Waals surface area (Å²) in [5.41, 5.74) is 1.77. The molecule has 0 bridgehead atoms. The molecular weight excluding hydrogens is 380 g/mol. The van der Waals surface area contributed by atoms with Gasteiger partial charge in [0.1, 0.15) is 19.0 Å². The molecule has 0 radical (unpaired) electrons. The Labute approximate surface area is 176 Å². The van der Waals surface area contributed by atoms with Crippen molar-refractivity contribution in [3.8, 4) is 17.2 Å². The minimum Gasteiger partial charge on any atom is -0.493 e. The van der Waals surface area contributed by atoms with Gasteiger partial charge < -0.3 is 19.5 Å². The number of pyridine rings is 1. The van der Waals surface area contributed by atoms with E-state index in [1.165, 1.54) is 6.08 Å². The summed E-state index contributed by atoms with van der Waals surface area (Å²) in [5.74, 6) is 1.87. The summed E-state index contributed by atoms with van der Waals surface area (Å²) in [6, 6.07) is 20.6. The Balaban J connectivity index is 1.39. The number of ether oxygens (including phenoxy) is 3. The standard InChI is InChI=1S/C24H24N2O4/c1-28-22-7-2-3-8-23(22)29-17-16-26-24(27)14-11-19-9-12-21(13-10-19)30-18-20-6-4-5-15-25-20/h2-15H,16-18H2,1H3,(H,26,27)/b14-11+. The van der Waals surface area contributed by atoms with E-state index in [-0.39, 0.29) is 5.91 Å². The van der Waals surface area contributed by atoms with Crippen molar-refractivity contribution in [2.75, 3.05) is 20.3 Å². The second-order valence-corrected chi connectivity index (χ2v) is 6.30. The Hall–Kier alpha value is -3.80. The number of para-hydroxylation sites is 2. The van der Waals surface area contributed by atoms with Crippen molar-refractivity contribution in [3.05, 3.63) is 90.3 Å². The summed E-state index contributed by atoms with van der Waals surface area (Å²) < 4.78 is 16.6. The smallest absolute Gasteiger partial charge is 0.244 e. The molecule has 0 spiro atoms. The number of hydrogen-bond acceptors (Lipinski definition) is 5. The first-order valence-electron chi connectivity index (χ1n) is 9.59. The van der Waals surface area contributed by atoms with Gasteiger partial charge in [0.25, 0.3) is 0 Å². The summed E-state index contributed by atoms with van der Waals surface area (Å²) >= 11 is 0. The molecule has 0 saturated carbocycles. The van der Waals surface area contributed by atoms with Gasteiger partial charge >= 0.3 is 0 Å². The maximum atomic E-state index is 12.0. The molecule has 0 unspecified atom stereocenters. The van der Waals surface area contributed by atoms with Crippen molar-refractivity contribution in [1.82, 2.24) is 10.3 Å². The van der Waals surface area contributed by atoms with Gasteiger partial charge in [-0.25, -0.2) is 0 Å². The number of aromatic nitrogens is 1. The molecule has 0 aliphatic heterocycles. The average molecular weight is 404 g/mol. The topological polar surface area (TPSA) is 69.7 Å². The normalized spacial score (nSPS) is 10.6. The summed E-state index contributed by atoms with van der Waals surface area (Å²) in [4.78, 5) is 16.2. The second kappa shape index (κ2) is 11.3. The molecule has 0 atom stereocenters. The van der Waals surface area contributed by atoms with Crippen LogP contribution in [-0.2, 0) is 11.4 Å². The third kappa shape index (κ3) is 6.67. The molecule has 0 aliphatic rings. The summed E-state index contributed by atoms with van der Waals surface area (Å²) in [6.45, 7) is 1.15. The van der Waals surface area contributed by atoms with E-state index in [0.717, 1.165) is 17.0 Å². The SMILES string of the molecule is COc1ccccc1OCCNC(=O)/C=C/c1ccc(OCc2ccccn2)cc1. The molecule has 6 heteroatoms. The van der Waals surface area contributed by atoms with Crippen molar-refractivity contribution in [2.45, 2.75) is 6.61 Å². The van der Waals surface area contributed by atoms with Crippen LogP contribution >= 0.6 is 0 Å². The van der Waals surface area contributed by atoms with E-state index in [4.69, 9.17) is 14.2 Å². The molecule has 154 valence electrons. The lowest BCUT2D eigenvalue weighted by atomic mass is 10.2. The van der Waals surface area contributed by atoms with Crippen molar-refractivity contribution in [1.29, 1.82) is 0 Å². The highest BCUT2D eigenvalue weighted by atomic mass is 16.5. The number of rotatable bonds is 10. The Morgan fingerprint density at radius 1 is 0.967 bits per heavy atom. The maximum Gasteiger partial charge on any atom is 0.244 e. The number of benzene rings is 2. The zero-order valence-corrected chi connectivity index (χ0v) is 16.8. The molecule has 0 fully saturated rings. The highest BCUT2D eigenvalue weighted by Crippen LogP contribution is 2.25. The number of nitrogens with one attached hydrogen (secondary N) is 1. The van der Waals surface area contributed by atoms with Crippen LogP contribution in [-0.4, -0.2) is 31.2 Å². The van der Waals surface area contributed by atoms with E-state index in [9.17, 15) is 4.79 Å². The first-order valence-corrected chi connectivity index (χ1v) is 9.59. The van der Waals surface area contributed by atoms with E-state index in [1.807, 2.05) is 66.7 Å². The van der Waals surface area contributed by atoms with Crippen LogP contribution < -0.4 is 19.5 Å². The highest BCUT2D eigenvalue weighted by Gasteiger charge is 2.02. The number of nitrogens with zero attached hydrogens (tertiary/aromatic N) is 1. The van der Waals surface area contributed by atoms with Gasteiger partial charge in [0.15, 0.2) is 11.5 Å². The fourth-order valence-corrected chi connectivity index (χ4v) is 2.62. The molecular formula is C24H24N2O4. The molecule has 0 aliphatic carbocycles. The quantitative estimate of drug-likeness (QED) is 0.410. The summed E-state index contributed by atoms with van der Waals surface area (Å²) in [6.07, 6.45) is 4.98. The Bertz CT molecular complexity index is 956. The molecule has 0 saturated heterocycles. The minimum atomic E-state index is -0.186. The van der Waals surface area contributed by atoms with Crippen LogP contribution in [0.5, 0.6) is 17.2 Å². The fourth-order valence-electron chi connectivity index (χ4n) is 2.62. The van der Waals surface area contributed by atoms with Gasteiger partial charge in [0.05, 0.1) is 19.3 Å². The first-order chi connectivity index (χ1) is 14.7. The summed E-state index contributed by atoms with van der Waals surface area (Å²) in [7, 11) is 1.59. The van der Waals surface area contributed by atoms with Crippen molar-refractivity contribution >= 4 is 12.0 Å². The molecule has 2 aromatic carbocycles. The van der Waals surface area contributed by atoms with Gasteiger partial charge in [-0.15, -0.1) is 0 Å². The van der Waals surface area contributed by atoms with Crippen molar-refractivity contribution < 1.29 is 19.0 Å². The highest BCUT2D eigenvalue weighted by molar-refractivity contribution is 5.91. The van der Waals surface area contributed by atoms with Crippen molar-refractivity contribution in [3.63, 3.8) is 0 Å². The van der Waals surface area contributed by atoms with E-state index in [2.05, 4.69) is 10.3 Å². The van der Waals surface area contributed by atoms with Gasteiger partial charge in [-0.05, 0) is 48.0 Å². The van der Waals surface area contributed by atoms with E-state index >= 15 is 0 Å². The first kappa shape index (κ1) is 20.9. The Morgan fingerprint density at radius 2 is 1.73 bits per heavy atom. The molecule has 6 nitrogen and oxygen atoms in total. The average Bonchev–Trinajstić information content (AvgIpc) is 2.80. The van der Waals surface area contributed by atoms with Gasteiger partial charge in [0, 0.05) is 12.3 Å². The number of carbonyl (C=O) groups excluding carboxylic acids is 1. The van der Waals surface area contributed by atoms with Gasteiger partial charge in [0.2, 0.25) is 5.91 Å². The van der Waals surface area contributed by atoms with Crippen LogP contribution in [0.25, 0.3) is 6.08 Å². The van der Waals surface area contributed by atoms with Crippen LogP contribution in [0.4, 0.5) is 0 Å². The van der Waals surface area contributed by atoms with Gasteiger partial charge in [-0.3, -0.25) is 9.78 Å². The second-order valence-electron chi connectivity index (χ2n) is 6.30. The zero-order valence-electron chi connectivity index (χ0n) is 16.8. The fraction of sp³-hybridized carbons (Fsp3) is 0.167. The predicted molar refractivity (Wildman–Crippen MR) is 116 cm³/mol. The molecule has 1 amide bonds. The Kier molecular flexibility index (Phi) is 7.85. The number of methoxy groups -OCH3 is 1. The molecule has 3 aromatic rings. The molecule has 1 aromatic heterocycles. The number of hydrogen-bond donors (Lipinski definition) is 1. The molecule has 30 heavy (non-hydrogen) atoms. The third-order valence-electron chi connectivity index (χ3n) is 4.15. The number of amides is 1. The van der Waals surface area contributed by atoms with E-state index < -0.39 is 0 Å². The van der Waals surface area contributed by atoms with Crippen LogP contribution in [0.3, 0.4) is 0 Å². The lowest BCUT2D eigenvalue weighted by molar-refractivity contribution is -0.116. The lowest BCUT2D eigenvalue weighted by Crippen LogP contribution is -2.26. The van der Waals surface area contributed by atoms with Gasteiger partial charge in [-0.1, -0.05) is 30.3 Å². The zero-order chi connectivity index (χ0) is 21.0. The van der Waals surface area contributed by atoms with Crippen LogP contribution in [0.2, 0.25) is 0 Å². The maximum absolute atomic E-state index is 12.0. The molecule has 1 heterocycles. The minimum absolute atomic E-state index is 0.186. The van der Waals surface area contributed by atoms with Gasteiger partial charge in [-0.2, -0.15) is 0 Å². The van der Waals surface area contributed by atoms with Crippen LogP contribution in [0.15, 0.2) is 79.0 Å². The third-order valence-corrected chi connectivity index (χ3v) is 4.15. The predicted octanol–water partition coefficient (Wildman–Crippen LogP) is 3.88. The van der Waals surface area contributed by atoms with Crippen molar-refractivity contribution in [2.24, 2.45) is 0 Å². The van der Waals surface area contributed by atoms with Crippen LogP contribution in [0.1, 0.15) is 11.3 Å². The Morgan fingerprint density at radius 3 is 2.47 bits per heavy atom. The monoisotopic (exact) mass is 404 g/mol.